The zero-order chi connectivity index (χ0) is 13.1. The van der Waals surface area contributed by atoms with Gasteiger partial charge in [0.05, 0.1) is 12.0 Å². The van der Waals surface area contributed by atoms with Crippen LogP contribution < -0.4 is 5.32 Å². The van der Waals surface area contributed by atoms with E-state index in [0.717, 1.165) is 25.9 Å². The summed E-state index contributed by atoms with van der Waals surface area (Å²) in [5, 5.41) is 3.34. The van der Waals surface area contributed by atoms with E-state index >= 15 is 0 Å². The lowest BCUT2D eigenvalue weighted by Gasteiger charge is -2.40. The lowest BCUT2D eigenvalue weighted by Crippen LogP contribution is -2.52. The zero-order valence-corrected chi connectivity index (χ0v) is 11.8. The smallest absolute Gasteiger partial charge is 0.225 e. The van der Waals surface area contributed by atoms with Crippen molar-refractivity contribution in [2.75, 3.05) is 27.2 Å². The van der Waals surface area contributed by atoms with Crippen molar-refractivity contribution in [1.29, 1.82) is 0 Å². The van der Waals surface area contributed by atoms with Gasteiger partial charge in [0.2, 0.25) is 5.91 Å². The number of hydrogen-bond donors (Lipinski definition) is 1. The van der Waals surface area contributed by atoms with Crippen molar-refractivity contribution in [2.24, 2.45) is 0 Å². The SMILES string of the molecule is CNC1(C)CCN(C(=O)CC(C)(C)OC)CC1. The first-order valence-electron chi connectivity index (χ1n) is 6.34. The highest BCUT2D eigenvalue weighted by atomic mass is 16.5. The molecule has 0 aromatic heterocycles. The van der Waals surface area contributed by atoms with E-state index in [1.807, 2.05) is 25.8 Å². The minimum atomic E-state index is -0.360. The molecule has 17 heavy (non-hydrogen) atoms. The Labute approximate surface area is 105 Å². The maximum absolute atomic E-state index is 12.1. The summed E-state index contributed by atoms with van der Waals surface area (Å²) < 4.78 is 5.30. The molecule has 1 heterocycles. The number of methoxy groups -OCH3 is 1. The van der Waals surface area contributed by atoms with Crippen LogP contribution >= 0.6 is 0 Å². The third-order valence-electron chi connectivity index (χ3n) is 3.95. The van der Waals surface area contributed by atoms with Gasteiger partial charge in [0.15, 0.2) is 0 Å². The van der Waals surface area contributed by atoms with Crippen molar-refractivity contribution in [3.8, 4) is 0 Å². The maximum Gasteiger partial charge on any atom is 0.225 e. The average Bonchev–Trinajstić information content (AvgIpc) is 2.29. The van der Waals surface area contributed by atoms with E-state index in [-0.39, 0.29) is 17.0 Å². The van der Waals surface area contributed by atoms with E-state index in [2.05, 4.69) is 12.2 Å². The Balaban J connectivity index is 2.47. The van der Waals surface area contributed by atoms with E-state index in [1.165, 1.54) is 0 Å². The van der Waals surface area contributed by atoms with E-state index in [1.54, 1.807) is 7.11 Å². The number of rotatable bonds is 4. The predicted octanol–water partition coefficient (Wildman–Crippen LogP) is 1.40. The molecule has 100 valence electrons. The molecular weight excluding hydrogens is 216 g/mol. The molecule has 0 saturated carbocycles. The van der Waals surface area contributed by atoms with Crippen LogP contribution in [0.25, 0.3) is 0 Å². The fraction of sp³-hybridized carbons (Fsp3) is 0.923. The predicted molar refractivity (Wildman–Crippen MR) is 69.0 cm³/mol. The molecule has 0 aromatic rings. The van der Waals surface area contributed by atoms with Crippen LogP contribution in [0.1, 0.15) is 40.0 Å². The molecule has 0 aromatic carbocycles. The molecule has 1 saturated heterocycles. The third-order valence-corrected chi connectivity index (χ3v) is 3.95. The van der Waals surface area contributed by atoms with Crippen LogP contribution in [0.3, 0.4) is 0 Å². The summed E-state index contributed by atoms with van der Waals surface area (Å²) in [6, 6.07) is 0. The Kier molecular flexibility index (Phi) is 4.55. The van der Waals surface area contributed by atoms with Crippen LogP contribution in [0.2, 0.25) is 0 Å². The lowest BCUT2D eigenvalue weighted by molar-refractivity contribution is -0.138. The van der Waals surface area contributed by atoms with Gasteiger partial charge in [0.1, 0.15) is 0 Å². The van der Waals surface area contributed by atoms with Crippen LogP contribution in [0.5, 0.6) is 0 Å². The lowest BCUT2D eigenvalue weighted by atomic mass is 9.89. The number of carbonyl (C=O) groups is 1. The molecule has 0 aliphatic carbocycles. The summed E-state index contributed by atoms with van der Waals surface area (Å²) in [6.45, 7) is 7.80. The molecule has 1 aliphatic heterocycles. The highest BCUT2D eigenvalue weighted by Gasteiger charge is 2.32. The first kappa shape index (κ1) is 14.5. The standard InChI is InChI=1S/C13H26N2O2/c1-12(2,17-5)10-11(16)15-8-6-13(3,14-4)7-9-15/h14H,6-10H2,1-5H3. The van der Waals surface area contributed by atoms with Crippen LogP contribution in [0.4, 0.5) is 0 Å². The first-order valence-corrected chi connectivity index (χ1v) is 6.34. The van der Waals surface area contributed by atoms with Gasteiger partial charge < -0.3 is 15.0 Å². The molecule has 1 fully saturated rings. The van der Waals surface area contributed by atoms with Crippen molar-refractivity contribution in [1.82, 2.24) is 10.2 Å². The van der Waals surface area contributed by atoms with Crippen LogP contribution in [-0.4, -0.2) is 49.2 Å². The Morgan fingerprint density at radius 2 is 1.94 bits per heavy atom. The molecule has 0 spiro atoms. The largest absolute Gasteiger partial charge is 0.378 e. The molecule has 1 aliphatic rings. The normalized spacial score (nSPS) is 20.4. The summed E-state index contributed by atoms with van der Waals surface area (Å²) in [5.41, 5.74) is -0.172. The number of hydrogen-bond acceptors (Lipinski definition) is 3. The minimum absolute atomic E-state index is 0.188. The van der Waals surface area contributed by atoms with Gasteiger partial charge in [0, 0.05) is 25.7 Å². The highest BCUT2D eigenvalue weighted by Crippen LogP contribution is 2.23. The molecule has 4 nitrogen and oxygen atoms in total. The van der Waals surface area contributed by atoms with Gasteiger partial charge in [-0.3, -0.25) is 4.79 Å². The zero-order valence-electron chi connectivity index (χ0n) is 11.8. The second-order valence-electron chi connectivity index (χ2n) is 5.83. The van der Waals surface area contributed by atoms with E-state index in [4.69, 9.17) is 4.74 Å². The fourth-order valence-electron chi connectivity index (χ4n) is 2.05. The fourth-order valence-corrected chi connectivity index (χ4v) is 2.05. The molecule has 1 rings (SSSR count). The van der Waals surface area contributed by atoms with Gasteiger partial charge in [-0.1, -0.05) is 0 Å². The average molecular weight is 242 g/mol. The monoisotopic (exact) mass is 242 g/mol. The van der Waals surface area contributed by atoms with Gasteiger partial charge in [-0.05, 0) is 40.7 Å². The van der Waals surface area contributed by atoms with Crippen molar-refractivity contribution >= 4 is 5.91 Å². The molecule has 0 atom stereocenters. The van der Waals surface area contributed by atoms with Crippen LogP contribution in [-0.2, 0) is 9.53 Å². The molecule has 0 bridgehead atoms. The van der Waals surface area contributed by atoms with E-state index < -0.39 is 0 Å². The number of nitrogens with zero attached hydrogens (tertiary/aromatic N) is 1. The second kappa shape index (κ2) is 5.36. The highest BCUT2D eigenvalue weighted by molar-refractivity contribution is 5.77. The summed E-state index contributed by atoms with van der Waals surface area (Å²) >= 11 is 0. The van der Waals surface area contributed by atoms with E-state index in [9.17, 15) is 4.79 Å². The number of piperidine rings is 1. The summed E-state index contributed by atoms with van der Waals surface area (Å²) in [6.07, 6.45) is 2.49. The molecular formula is C13H26N2O2. The van der Waals surface area contributed by atoms with Crippen LogP contribution in [0, 0.1) is 0 Å². The summed E-state index contributed by atoms with van der Waals surface area (Å²) in [4.78, 5) is 14.1. The van der Waals surface area contributed by atoms with Gasteiger partial charge in [-0.25, -0.2) is 0 Å². The van der Waals surface area contributed by atoms with Crippen LogP contribution in [0.15, 0.2) is 0 Å². The number of nitrogens with one attached hydrogen (secondary N) is 1. The topological polar surface area (TPSA) is 41.6 Å². The number of likely N-dealkylation sites (tertiary alicyclic amines) is 1. The van der Waals surface area contributed by atoms with E-state index in [0.29, 0.717) is 6.42 Å². The van der Waals surface area contributed by atoms with Crippen molar-refractivity contribution < 1.29 is 9.53 Å². The molecule has 0 unspecified atom stereocenters. The molecule has 0 radical (unpaired) electrons. The van der Waals surface area contributed by atoms with Crippen molar-refractivity contribution in [3.63, 3.8) is 0 Å². The molecule has 1 N–H and O–H groups in total. The Bertz CT molecular complexity index is 269. The van der Waals surface area contributed by atoms with Gasteiger partial charge >= 0.3 is 0 Å². The molecule has 4 heteroatoms. The Hall–Kier alpha value is -0.610. The quantitative estimate of drug-likeness (QED) is 0.810. The van der Waals surface area contributed by atoms with Gasteiger partial charge in [-0.2, -0.15) is 0 Å². The van der Waals surface area contributed by atoms with Gasteiger partial charge in [0.25, 0.3) is 0 Å². The Morgan fingerprint density at radius 1 is 1.41 bits per heavy atom. The minimum Gasteiger partial charge on any atom is -0.378 e. The second-order valence-corrected chi connectivity index (χ2v) is 5.83. The van der Waals surface area contributed by atoms with Crippen molar-refractivity contribution in [3.05, 3.63) is 0 Å². The van der Waals surface area contributed by atoms with Crippen molar-refractivity contribution in [2.45, 2.75) is 51.2 Å². The number of carbonyl (C=O) groups excluding carboxylic acids is 1. The first-order chi connectivity index (χ1) is 7.82. The summed E-state index contributed by atoms with van der Waals surface area (Å²) in [5.74, 6) is 0.204. The number of ether oxygens (including phenoxy) is 1. The molecule has 1 amide bonds. The number of amides is 1. The van der Waals surface area contributed by atoms with Gasteiger partial charge in [-0.15, -0.1) is 0 Å². The third kappa shape index (κ3) is 3.96. The summed E-state index contributed by atoms with van der Waals surface area (Å²) in [7, 11) is 3.65. The Morgan fingerprint density at radius 3 is 2.35 bits per heavy atom. The maximum atomic E-state index is 12.1.